The van der Waals surface area contributed by atoms with Crippen molar-refractivity contribution in [3.8, 4) is 0 Å². The van der Waals surface area contributed by atoms with Gasteiger partial charge in [-0.15, -0.1) is 0 Å². The van der Waals surface area contributed by atoms with Crippen LogP contribution in [0.2, 0.25) is 0 Å². The zero-order valence-electron chi connectivity index (χ0n) is 4.36. The molecule has 0 amide bonds. The molecule has 2 nitrogen and oxygen atoms in total. The second-order valence-corrected chi connectivity index (χ2v) is 1.46. The van der Waals surface area contributed by atoms with Gasteiger partial charge in [-0.1, -0.05) is 11.6 Å². The predicted molar refractivity (Wildman–Crippen MR) is 22.7 cm³/mol. The third-order valence-electron chi connectivity index (χ3n) is 0.340. The Labute approximate surface area is 59.5 Å². The Kier molecular flexibility index (Phi) is 6.43. The van der Waals surface area contributed by atoms with Gasteiger partial charge in [-0.3, -0.25) is 0 Å². The average Bonchev–Trinajstić information content (AvgIpc) is 1.36. The SMILES string of the molecule is C/C(Cl)=C(\N)[O-].[Li+]. The monoisotopic (exact) mass is 113 g/mol. The molecule has 0 aliphatic rings. The molecule has 0 aliphatic heterocycles. The zero-order chi connectivity index (χ0) is 5.15. The summed E-state index contributed by atoms with van der Waals surface area (Å²) in [6, 6.07) is 0. The second-order valence-electron chi connectivity index (χ2n) is 0.898. The summed E-state index contributed by atoms with van der Waals surface area (Å²) in [5, 5.41) is 9.87. The van der Waals surface area contributed by atoms with E-state index in [1.54, 1.807) is 0 Å². The van der Waals surface area contributed by atoms with Gasteiger partial charge in [0, 0.05) is 5.03 Å². The minimum absolute atomic E-state index is 0. The Morgan fingerprint density at radius 1 is 1.71 bits per heavy atom. The van der Waals surface area contributed by atoms with E-state index in [9.17, 15) is 5.11 Å². The molecule has 7 heavy (non-hydrogen) atoms. The van der Waals surface area contributed by atoms with Crippen molar-refractivity contribution < 1.29 is 24.0 Å². The van der Waals surface area contributed by atoms with Crippen LogP contribution < -0.4 is 29.7 Å². The summed E-state index contributed by atoms with van der Waals surface area (Å²) in [5.41, 5.74) is 4.63. The summed E-state index contributed by atoms with van der Waals surface area (Å²) >= 11 is 5.05. The molecule has 36 valence electrons. The van der Waals surface area contributed by atoms with Gasteiger partial charge in [0.1, 0.15) is 0 Å². The van der Waals surface area contributed by atoms with Crippen LogP contribution in [-0.4, -0.2) is 0 Å². The second kappa shape index (κ2) is 4.39. The van der Waals surface area contributed by atoms with E-state index in [0.29, 0.717) is 0 Å². The molecule has 0 saturated carbocycles. The van der Waals surface area contributed by atoms with Crippen LogP contribution in [0.5, 0.6) is 0 Å². The van der Waals surface area contributed by atoms with E-state index in [-0.39, 0.29) is 23.9 Å². The van der Waals surface area contributed by atoms with Crippen molar-refractivity contribution in [2.75, 3.05) is 0 Å². The fraction of sp³-hybridized carbons (Fsp3) is 0.333. The predicted octanol–water partition coefficient (Wildman–Crippen LogP) is -3.26. The van der Waals surface area contributed by atoms with Crippen molar-refractivity contribution in [3.05, 3.63) is 10.9 Å². The maximum Gasteiger partial charge on any atom is 1.00 e. The van der Waals surface area contributed by atoms with Crippen molar-refractivity contribution in [2.24, 2.45) is 5.73 Å². The molecule has 0 aromatic heterocycles. The van der Waals surface area contributed by atoms with Gasteiger partial charge >= 0.3 is 18.9 Å². The van der Waals surface area contributed by atoms with E-state index in [0.717, 1.165) is 0 Å². The molecule has 0 spiro atoms. The van der Waals surface area contributed by atoms with Crippen molar-refractivity contribution in [1.82, 2.24) is 0 Å². The van der Waals surface area contributed by atoms with Crippen LogP contribution in [0.1, 0.15) is 6.92 Å². The summed E-state index contributed by atoms with van der Waals surface area (Å²) in [7, 11) is 0. The zero-order valence-corrected chi connectivity index (χ0v) is 5.12. The summed E-state index contributed by atoms with van der Waals surface area (Å²) in [4.78, 5) is 0. The first-order chi connectivity index (χ1) is 2.64. The molecule has 0 rings (SSSR count). The number of rotatable bonds is 0. The summed E-state index contributed by atoms with van der Waals surface area (Å²) < 4.78 is 0. The molecule has 0 aliphatic carbocycles. The standard InChI is InChI=1S/C3H6ClNO.Li/c1-2(4)3(5)6;/h6H,5H2,1H3;/q;+1/p-1/b3-2-;. The number of hydrogen-bond donors (Lipinski definition) is 1. The summed E-state index contributed by atoms with van der Waals surface area (Å²) in [6.45, 7) is 1.45. The largest absolute Gasteiger partial charge is 1.00 e. The van der Waals surface area contributed by atoms with Crippen molar-refractivity contribution in [2.45, 2.75) is 6.92 Å². The van der Waals surface area contributed by atoms with Crippen molar-refractivity contribution in [3.63, 3.8) is 0 Å². The van der Waals surface area contributed by atoms with Crippen LogP contribution in [0.4, 0.5) is 0 Å². The molecule has 0 radical (unpaired) electrons. The number of hydrogen-bond acceptors (Lipinski definition) is 2. The van der Waals surface area contributed by atoms with E-state index in [2.05, 4.69) is 5.73 Å². The molecule has 0 saturated heterocycles. The van der Waals surface area contributed by atoms with E-state index in [1.807, 2.05) is 0 Å². The van der Waals surface area contributed by atoms with Crippen LogP contribution in [0, 0.1) is 0 Å². The topological polar surface area (TPSA) is 49.1 Å². The van der Waals surface area contributed by atoms with Gasteiger partial charge in [0.2, 0.25) is 0 Å². The minimum atomic E-state index is -0.559. The maximum atomic E-state index is 9.75. The smallest absolute Gasteiger partial charge is 0.860 e. The first-order valence-electron chi connectivity index (χ1n) is 1.43. The Morgan fingerprint density at radius 2 is 1.86 bits per heavy atom. The van der Waals surface area contributed by atoms with Crippen molar-refractivity contribution >= 4 is 11.6 Å². The normalized spacial score (nSPS) is 11.7. The van der Waals surface area contributed by atoms with Crippen LogP contribution >= 0.6 is 11.6 Å². The van der Waals surface area contributed by atoms with Gasteiger partial charge in [-0.05, 0) is 12.8 Å². The maximum absolute atomic E-state index is 9.75. The van der Waals surface area contributed by atoms with Gasteiger partial charge < -0.3 is 10.8 Å². The molecular formula is C3H5ClLiNO. The molecule has 2 N–H and O–H groups in total. The van der Waals surface area contributed by atoms with Gasteiger partial charge in [-0.2, -0.15) is 0 Å². The average molecular weight is 113 g/mol. The van der Waals surface area contributed by atoms with E-state index in [1.165, 1.54) is 6.92 Å². The molecule has 4 heteroatoms. The van der Waals surface area contributed by atoms with Crippen LogP contribution in [0.15, 0.2) is 10.9 Å². The number of halogens is 1. The fourth-order valence-electron chi connectivity index (χ4n) is 0. The van der Waals surface area contributed by atoms with E-state index in [4.69, 9.17) is 11.6 Å². The third-order valence-corrected chi connectivity index (χ3v) is 0.526. The van der Waals surface area contributed by atoms with Crippen LogP contribution in [-0.2, 0) is 0 Å². The summed E-state index contributed by atoms with van der Waals surface area (Å²) in [6.07, 6.45) is 0. The van der Waals surface area contributed by atoms with Gasteiger partial charge in [0.05, 0.1) is 0 Å². The van der Waals surface area contributed by atoms with E-state index >= 15 is 0 Å². The number of nitrogens with two attached hydrogens (primary N) is 1. The Bertz CT molecular complexity index is 65.0. The van der Waals surface area contributed by atoms with Crippen molar-refractivity contribution in [1.29, 1.82) is 0 Å². The molecule has 0 heterocycles. The minimum Gasteiger partial charge on any atom is -0.860 e. The molecule has 0 bridgehead atoms. The Balaban J connectivity index is 0. The Hall–Kier alpha value is 0.227. The van der Waals surface area contributed by atoms with E-state index < -0.39 is 5.88 Å². The van der Waals surface area contributed by atoms with Crippen LogP contribution in [0.3, 0.4) is 0 Å². The Morgan fingerprint density at radius 3 is 1.86 bits per heavy atom. The van der Waals surface area contributed by atoms with Gasteiger partial charge in [0.15, 0.2) is 0 Å². The number of allylic oxidation sites excluding steroid dienone is 1. The van der Waals surface area contributed by atoms with Crippen LogP contribution in [0.25, 0.3) is 0 Å². The molecule has 0 aromatic carbocycles. The third kappa shape index (κ3) is 6.23. The molecular weight excluding hydrogens is 108 g/mol. The summed E-state index contributed by atoms with van der Waals surface area (Å²) in [5.74, 6) is -0.559. The molecule has 0 fully saturated rings. The van der Waals surface area contributed by atoms with Gasteiger partial charge in [0.25, 0.3) is 0 Å². The molecule has 0 aromatic rings. The van der Waals surface area contributed by atoms with Gasteiger partial charge in [-0.25, -0.2) is 0 Å². The quantitative estimate of drug-likeness (QED) is 0.265. The fourth-order valence-corrected chi connectivity index (χ4v) is 0. The molecule has 0 unspecified atom stereocenters. The molecule has 0 atom stereocenters. The first-order valence-corrected chi connectivity index (χ1v) is 1.81. The first kappa shape index (κ1) is 10.3.